The van der Waals surface area contributed by atoms with Gasteiger partial charge in [0.1, 0.15) is 17.4 Å². The first-order chi connectivity index (χ1) is 7.24. The predicted molar refractivity (Wildman–Crippen MR) is 53.5 cm³/mol. The molecule has 0 aliphatic carbocycles. The summed E-state index contributed by atoms with van der Waals surface area (Å²) in [6.45, 7) is 1.85. The number of furan rings is 1. The molecule has 0 N–H and O–H groups in total. The lowest BCUT2D eigenvalue weighted by Crippen LogP contribution is -2.05. The molecule has 0 aromatic carbocycles. The second kappa shape index (κ2) is 5.01. The predicted octanol–water partition coefficient (Wildman–Crippen LogP) is 2.14. The van der Waals surface area contributed by atoms with Crippen LogP contribution in [-0.2, 0) is 9.53 Å². The van der Waals surface area contributed by atoms with Crippen molar-refractivity contribution < 1.29 is 13.9 Å². The molecule has 0 amide bonds. The van der Waals surface area contributed by atoms with Crippen molar-refractivity contribution in [3.8, 4) is 6.07 Å². The van der Waals surface area contributed by atoms with Gasteiger partial charge in [0.2, 0.25) is 0 Å². The van der Waals surface area contributed by atoms with E-state index in [0.717, 1.165) is 0 Å². The summed E-state index contributed by atoms with van der Waals surface area (Å²) < 4.78 is 9.67. The monoisotopic (exact) mass is 205 g/mol. The lowest BCUT2D eigenvalue weighted by molar-refractivity contribution is -0.135. The van der Waals surface area contributed by atoms with E-state index in [-0.39, 0.29) is 5.57 Å². The van der Waals surface area contributed by atoms with Crippen LogP contribution in [0.15, 0.2) is 28.4 Å². The molecular weight excluding hydrogens is 194 g/mol. The fourth-order valence-electron chi connectivity index (χ4n) is 1.26. The smallest absolute Gasteiger partial charge is 0.349 e. The number of hydrogen-bond donors (Lipinski definition) is 0. The molecule has 0 saturated carbocycles. The van der Waals surface area contributed by atoms with Crippen molar-refractivity contribution >= 4 is 11.5 Å². The van der Waals surface area contributed by atoms with Gasteiger partial charge in [-0.05, 0) is 18.6 Å². The van der Waals surface area contributed by atoms with E-state index in [9.17, 15) is 4.79 Å². The molecule has 78 valence electrons. The Bertz CT molecular complexity index is 410. The third kappa shape index (κ3) is 2.26. The molecule has 0 atom stereocenters. The number of hydrogen-bond acceptors (Lipinski definition) is 4. The summed E-state index contributed by atoms with van der Waals surface area (Å²) in [5.41, 5.74) is 0.560. The fourth-order valence-corrected chi connectivity index (χ4v) is 1.26. The van der Waals surface area contributed by atoms with E-state index in [1.807, 2.05) is 13.0 Å². The van der Waals surface area contributed by atoms with Crippen LogP contribution in [0.25, 0.3) is 5.57 Å². The Morgan fingerprint density at radius 2 is 2.40 bits per heavy atom. The Morgan fingerprint density at radius 3 is 2.80 bits per heavy atom. The number of ether oxygens (including phenoxy) is 1. The van der Waals surface area contributed by atoms with Crippen LogP contribution in [0.4, 0.5) is 0 Å². The lowest BCUT2D eigenvalue weighted by Gasteiger charge is -2.03. The maximum absolute atomic E-state index is 11.3. The molecule has 15 heavy (non-hydrogen) atoms. The Kier molecular flexibility index (Phi) is 3.69. The SMILES string of the molecule is CC/C(=C(/C#N)C(=O)OC)c1ccco1. The summed E-state index contributed by atoms with van der Waals surface area (Å²) in [5, 5.41) is 8.88. The first kappa shape index (κ1) is 11.1. The number of allylic oxidation sites excluding steroid dienone is 1. The lowest BCUT2D eigenvalue weighted by atomic mass is 10.0. The van der Waals surface area contributed by atoms with E-state index in [1.54, 1.807) is 12.1 Å². The van der Waals surface area contributed by atoms with Gasteiger partial charge in [0.15, 0.2) is 0 Å². The number of rotatable bonds is 3. The van der Waals surface area contributed by atoms with Gasteiger partial charge >= 0.3 is 5.97 Å². The van der Waals surface area contributed by atoms with Crippen LogP contribution in [-0.4, -0.2) is 13.1 Å². The molecule has 1 aromatic heterocycles. The van der Waals surface area contributed by atoms with Gasteiger partial charge < -0.3 is 9.15 Å². The van der Waals surface area contributed by atoms with Gasteiger partial charge in [-0.25, -0.2) is 4.79 Å². The van der Waals surface area contributed by atoms with Crippen molar-refractivity contribution in [2.75, 3.05) is 7.11 Å². The van der Waals surface area contributed by atoms with E-state index in [1.165, 1.54) is 13.4 Å². The fraction of sp³-hybridized carbons (Fsp3) is 0.273. The van der Waals surface area contributed by atoms with Crippen LogP contribution in [0.1, 0.15) is 19.1 Å². The van der Waals surface area contributed by atoms with Crippen molar-refractivity contribution in [3.05, 3.63) is 29.7 Å². The summed E-state index contributed by atoms with van der Waals surface area (Å²) >= 11 is 0. The molecular formula is C11H11NO3. The van der Waals surface area contributed by atoms with Crippen LogP contribution in [0.5, 0.6) is 0 Å². The minimum absolute atomic E-state index is 0.00468. The highest BCUT2D eigenvalue weighted by Gasteiger charge is 2.17. The maximum Gasteiger partial charge on any atom is 0.349 e. The van der Waals surface area contributed by atoms with Gasteiger partial charge in [0.25, 0.3) is 0 Å². The summed E-state index contributed by atoms with van der Waals surface area (Å²) in [7, 11) is 1.25. The number of esters is 1. The van der Waals surface area contributed by atoms with Crippen molar-refractivity contribution in [3.63, 3.8) is 0 Å². The zero-order valence-corrected chi connectivity index (χ0v) is 8.61. The highest BCUT2D eigenvalue weighted by atomic mass is 16.5. The Morgan fingerprint density at radius 1 is 1.67 bits per heavy atom. The second-order valence-electron chi connectivity index (χ2n) is 2.79. The highest BCUT2D eigenvalue weighted by molar-refractivity contribution is 6.01. The molecule has 4 nitrogen and oxygen atoms in total. The van der Waals surface area contributed by atoms with Gasteiger partial charge in [0.05, 0.1) is 13.4 Å². The standard InChI is InChI=1S/C11H11NO3/c1-3-8(10-5-4-6-15-10)9(7-12)11(13)14-2/h4-6H,3H2,1-2H3/b9-8+. The van der Waals surface area contributed by atoms with Crippen molar-refractivity contribution in [2.24, 2.45) is 0 Å². The van der Waals surface area contributed by atoms with E-state index >= 15 is 0 Å². The molecule has 0 radical (unpaired) electrons. The average molecular weight is 205 g/mol. The Labute approximate surface area is 87.8 Å². The molecule has 0 fully saturated rings. The van der Waals surface area contributed by atoms with Gasteiger partial charge in [-0.3, -0.25) is 0 Å². The highest BCUT2D eigenvalue weighted by Crippen LogP contribution is 2.22. The largest absolute Gasteiger partial charge is 0.465 e. The van der Waals surface area contributed by atoms with Gasteiger partial charge in [-0.15, -0.1) is 0 Å². The van der Waals surface area contributed by atoms with Crippen molar-refractivity contribution in [1.82, 2.24) is 0 Å². The summed E-state index contributed by atoms with van der Waals surface area (Å²) in [4.78, 5) is 11.3. The third-order valence-electron chi connectivity index (χ3n) is 1.98. The topological polar surface area (TPSA) is 63.2 Å². The Balaban J connectivity index is 3.23. The third-order valence-corrected chi connectivity index (χ3v) is 1.98. The first-order valence-electron chi connectivity index (χ1n) is 4.50. The molecule has 1 heterocycles. The van der Waals surface area contributed by atoms with Crippen molar-refractivity contribution in [2.45, 2.75) is 13.3 Å². The van der Waals surface area contributed by atoms with E-state index in [2.05, 4.69) is 4.74 Å². The molecule has 0 saturated heterocycles. The molecule has 4 heteroatoms. The molecule has 0 aliphatic rings. The maximum atomic E-state index is 11.3. The van der Waals surface area contributed by atoms with Crippen molar-refractivity contribution in [1.29, 1.82) is 5.26 Å². The average Bonchev–Trinajstić information content (AvgIpc) is 2.77. The van der Waals surface area contributed by atoms with E-state index < -0.39 is 5.97 Å². The second-order valence-corrected chi connectivity index (χ2v) is 2.79. The zero-order chi connectivity index (χ0) is 11.3. The summed E-state index contributed by atoms with van der Waals surface area (Å²) in [6, 6.07) is 5.25. The summed E-state index contributed by atoms with van der Waals surface area (Å²) in [6.07, 6.45) is 2.03. The number of nitrogens with zero attached hydrogens (tertiary/aromatic N) is 1. The first-order valence-corrected chi connectivity index (χ1v) is 4.50. The van der Waals surface area contributed by atoms with Gasteiger partial charge in [-0.2, -0.15) is 5.26 Å². The van der Waals surface area contributed by atoms with Crippen LogP contribution in [0.3, 0.4) is 0 Å². The molecule has 0 aliphatic heterocycles. The molecule has 1 aromatic rings. The van der Waals surface area contributed by atoms with Crippen LogP contribution >= 0.6 is 0 Å². The van der Waals surface area contributed by atoms with Gasteiger partial charge in [-0.1, -0.05) is 6.92 Å². The number of methoxy groups -OCH3 is 1. The van der Waals surface area contributed by atoms with E-state index in [4.69, 9.17) is 9.68 Å². The van der Waals surface area contributed by atoms with Crippen LogP contribution < -0.4 is 0 Å². The number of nitriles is 1. The number of carbonyl (C=O) groups excluding carboxylic acids is 1. The van der Waals surface area contributed by atoms with Gasteiger partial charge in [0, 0.05) is 5.57 Å². The zero-order valence-electron chi connectivity index (χ0n) is 8.61. The Hall–Kier alpha value is -2.02. The van der Waals surface area contributed by atoms with E-state index in [0.29, 0.717) is 17.8 Å². The number of carbonyl (C=O) groups is 1. The molecule has 0 bridgehead atoms. The minimum Gasteiger partial charge on any atom is -0.465 e. The minimum atomic E-state index is -0.634. The summed E-state index contributed by atoms with van der Waals surface area (Å²) in [5.74, 6) is -0.106. The molecule has 1 rings (SSSR count). The normalized spacial score (nSPS) is 11.5. The quantitative estimate of drug-likeness (QED) is 0.431. The van der Waals surface area contributed by atoms with Crippen LogP contribution in [0, 0.1) is 11.3 Å². The molecule has 0 unspecified atom stereocenters. The van der Waals surface area contributed by atoms with Crippen LogP contribution in [0.2, 0.25) is 0 Å². The molecule has 0 spiro atoms.